The van der Waals surface area contributed by atoms with E-state index in [-0.39, 0.29) is 23.7 Å². The number of aliphatic hydroxyl groups is 1. The van der Waals surface area contributed by atoms with E-state index in [2.05, 4.69) is 17.8 Å². The second-order valence-corrected chi connectivity index (χ2v) is 5.39. The van der Waals surface area contributed by atoms with Crippen LogP contribution in [0.3, 0.4) is 0 Å². The quantitative estimate of drug-likeness (QED) is 0.601. The minimum Gasteiger partial charge on any atom is -0.487 e. The van der Waals surface area contributed by atoms with Crippen LogP contribution in [-0.2, 0) is 14.3 Å². The van der Waals surface area contributed by atoms with Crippen LogP contribution in [0, 0.1) is 24.2 Å². The summed E-state index contributed by atoms with van der Waals surface area (Å²) in [5, 5.41) is 10.4. The van der Waals surface area contributed by atoms with Gasteiger partial charge in [0.1, 0.15) is 0 Å². The van der Waals surface area contributed by atoms with Crippen LogP contribution in [0.25, 0.3) is 0 Å². The molecule has 0 heterocycles. The van der Waals surface area contributed by atoms with Crippen molar-refractivity contribution in [3.05, 3.63) is 11.5 Å². The number of carbonyl (C=O) groups is 1. The van der Waals surface area contributed by atoms with Crippen LogP contribution in [0.15, 0.2) is 11.5 Å². The molecule has 0 bridgehead atoms. The van der Waals surface area contributed by atoms with Crippen LogP contribution >= 0.6 is 0 Å². The Bertz CT molecular complexity index is 525. The molecule has 4 nitrogen and oxygen atoms in total. The molecule has 0 aromatic rings. The van der Waals surface area contributed by atoms with Crippen molar-refractivity contribution >= 4 is 5.78 Å². The molecule has 0 aliphatic heterocycles. The maximum Gasteiger partial charge on any atom is 0.254 e. The summed E-state index contributed by atoms with van der Waals surface area (Å²) in [6.07, 6.45) is 6.66. The molecule has 0 saturated heterocycles. The number of hydrogen-bond donors (Lipinski definition) is 1. The fraction of sp³-hybridized carbons (Fsp3) is 0.588. The van der Waals surface area contributed by atoms with Gasteiger partial charge in [-0.25, -0.2) is 0 Å². The maximum atomic E-state index is 12.1. The Morgan fingerprint density at radius 2 is 1.81 bits per heavy atom. The summed E-state index contributed by atoms with van der Waals surface area (Å²) in [4.78, 5) is 12.1. The Morgan fingerprint density at radius 1 is 1.19 bits per heavy atom. The molecule has 0 aromatic heterocycles. The molecule has 0 saturated carbocycles. The molecule has 1 N–H and O–H groups in total. The van der Waals surface area contributed by atoms with Crippen molar-refractivity contribution in [2.75, 3.05) is 0 Å². The van der Waals surface area contributed by atoms with Crippen LogP contribution in [-0.4, -0.2) is 28.7 Å². The van der Waals surface area contributed by atoms with Gasteiger partial charge in [-0.05, 0) is 34.1 Å². The van der Waals surface area contributed by atoms with Crippen molar-refractivity contribution in [1.82, 2.24) is 0 Å². The average Bonchev–Trinajstić information content (AvgIpc) is 2.41. The highest BCUT2D eigenvalue weighted by Crippen LogP contribution is 2.37. The lowest BCUT2D eigenvalue weighted by atomic mass is 9.83. The third kappa shape index (κ3) is 4.03. The first kappa shape index (κ1) is 17.1. The standard InChI is InChI=1S/C17H22O4/c1-6-7-8-9-10-11-17(19)15(18)14(20-12(2)3)16(17)21-13(4)5/h1,12-13,19H,7-9H2,2-5H3. The van der Waals surface area contributed by atoms with Crippen molar-refractivity contribution in [2.24, 2.45) is 0 Å². The number of rotatable bonds is 6. The normalized spacial score (nSPS) is 20.8. The number of ketones is 1. The number of terminal acetylenes is 1. The molecule has 1 atom stereocenters. The minimum atomic E-state index is -1.88. The third-order valence-electron chi connectivity index (χ3n) is 2.67. The van der Waals surface area contributed by atoms with E-state index in [1.165, 1.54) is 0 Å². The highest BCUT2D eigenvalue weighted by atomic mass is 16.5. The summed E-state index contributed by atoms with van der Waals surface area (Å²) in [6, 6.07) is 0. The molecular formula is C17H22O4. The first-order valence-corrected chi connectivity index (χ1v) is 7.11. The zero-order chi connectivity index (χ0) is 16.0. The molecule has 0 radical (unpaired) electrons. The van der Waals surface area contributed by atoms with Gasteiger partial charge in [0, 0.05) is 12.8 Å². The smallest absolute Gasteiger partial charge is 0.254 e. The number of ether oxygens (including phenoxy) is 2. The minimum absolute atomic E-state index is 0.0686. The van der Waals surface area contributed by atoms with Gasteiger partial charge >= 0.3 is 0 Å². The molecule has 0 aromatic carbocycles. The Balaban J connectivity index is 2.92. The lowest BCUT2D eigenvalue weighted by Crippen LogP contribution is -2.52. The van der Waals surface area contributed by atoms with E-state index in [4.69, 9.17) is 15.9 Å². The van der Waals surface area contributed by atoms with E-state index in [9.17, 15) is 9.90 Å². The molecule has 4 heteroatoms. The van der Waals surface area contributed by atoms with Gasteiger partial charge in [0.25, 0.3) is 11.4 Å². The van der Waals surface area contributed by atoms with Crippen molar-refractivity contribution in [1.29, 1.82) is 0 Å². The summed E-state index contributed by atoms with van der Waals surface area (Å²) < 4.78 is 10.9. The lowest BCUT2D eigenvalue weighted by molar-refractivity contribution is -0.143. The van der Waals surface area contributed by atoms with E-state index < -0.39 is 11.4 Å². The second-order valence-electron chi connectivity index (χ2n) is 5.39. The van der Waals surface area contributed by atoms with Crippen LogP contribution in [0.1, 0.15) is 47.0 Å². The van der Waals surface area contributed by atoms with Gasteiger partial charge in [-0.15, -0.1) is 12.3 Å². The lowest BCUT2D eigenvalue weighted by Gasteiger charge is -2.36. The van der Waals surface area contributed by atoms with E-state index in [0.29, 0.717) is 12.8 Å². The summed E-state index contributed by atoms with van der Waals surface area (Å²) in [5.74, 6) is 7.52. The Kier molecular flexibility index (Phi) is 5.88. The number of unbranched alkanes of at least 4 members (excludes halogenated alkanes) is 2. The van der Waals surface area contributed by atoms with Crippen LogP contribution in [0.5, 0.6) is 0 Å². The van der Waals surface area contributed by atoms with Crippen molar-refractivity contribution in [3.63, 3.8) is 0 Å². The predicted molar refractivity (Wildman–Crippen MR) is 79.9 cm³/mol. The maximum absolute atomic E-state index is 12.1. The summed E-state index contributed by atoms with van der Waals surface area (Å²) >= 11 is 0. The summed E-state index contributed by atoms with van der Waals surface area (Å²) in [6.45, 7) is 7.22. The Morgan fingerprint density at radius 3 is 2.33 bits per heavy atom. The molecule has 1 aliphatic carbocycles. The van der Waals surface area contributed by atoms with Crippen molar-refractivity contribution in [3.8, 4) is 24.2 Å². The monoisotopic (exact) mass is 290 g/mol. The average molecular weight is 290 g/mol. The van der Waals surface area contributed by atoms with Gasteiger partial charge in [0.05, 0.1) is 12.2 Å². The molecule has 0 amide bonds. The van der Waals surface area contributed by atoms with Gasteiger partial charge in [-0.3, -0.25) is 4.79 Å². The van der Waals surface area contributed by atoms with Gasteiger partial charge in [-0.1, -0.05) is 11.8 Å². The Labute approximate surface area is 126 Å². The van der Waals surface area contributed by atoms with Gasteiger partial charge in [-0.2, -0.15) is 0 Å². The van der Waals surface area contributed by atoms with Crippen molar-refractivity contribution in [2.45, 2.75) is 64.8 Å². The molecule has 1 aliphatic rings. The topological polar surface area (TPSA) is 55.8 Å². The number of carbonyl (C=O) groups excluding carboxylic acids is 1. The highest BCUT2D eigenvalue weighted by molar-refractivity contribution is 6.12. The predicted octanol–water partition coefficient (Wildman–Crippen LogP) is 2.17. The van der Waals surface area contributed by atoms with Crippen LogP contribution in [0.2, 0.25) is 0 Å². The second kappa shape index (κ2) is 7.20. The van der Waals surface area contributed by atoms with E-state index in [1.54, 1.807) is 13.8 Å². The first-order valence-electron chi connectivity index (χ1n) is 7.11. The molecular weight excluding hydrogens is 268 g/mol. The van der Waals surface area contributed by atoms with E-state index in [0.717, 1.165) is 6.42 Å². The largest absolute Gasteiger partial charge is 0.487 e. The molecule has 0 fully saturated rings. The molecule has 0 spiro atoms. The van der Waals surface area contributed by atoms with E-state index >= 15 is 0 Å². The van der Waals surface area contributed by atoms with Crippen LogP contribution in [0.4, 0.5) is 0 Å². The van der Waals surface area contributed by atoms with Gasteiger partial charge in [0.2, 0.25) is 5.76 Å². The SMILES string of the molecule is C#CCCCC#CC1(O)C(=O)C(OC(C)C)=C1OC(C)C. The molecule has 21 heavy (non-hydrogen) atoms. The Hall–Kier alpha value is -1.91. The van der Waals surface area contributed by atoms with E-state index in [1.807, 2.05) is 13.8 Å². The fourth-order valence-electron chi connectivity index (χ4n) is 1.77. The molecule has 1 unspecified atom stereocenters. The zero-order valence-corrected chi connectivity index (χ0v) is 13.0. The highest BCUT2D eigenvalue weighted by Gasteiger charge is 2.56. The molecule has 114 valence electrons. The third-order valence-corrected chi connectivity index (χ3v) is 2.67. The zero-order valence-electron chi connectivity index (χ0n) is 13.0. The number of hydrogen-bond acceptors (Lipinski definition) is 4. The fourth-order valence-corrected chi connectivity index (χ4v) is 1.77. The van der Waals surface area contributed by atoms with Crippen LogP contribution < -0.4 is 0 Å². The molecule has 1 rings (SSSR count). The van der Waals surface area contributed by atoms with Gasteiger partial charge < -0.3 is 14.6 Å². The first-order chi connectivity index (χ1) is 9.82. The van der Waals surface area contributed by atoms with Crippen molar-refractivity contribution < 1.29 is 19.4 Å². The summed E-state index contributed by atoms with van der Waals surface area (Å²) in [7, 11) is 0. The number of Topliss-reactive ketones (excluding diaryl/α,β-unsaturated/α-hetero) is 1. The van der Waals surface area contributed by atoms with Gasteiger partial charge in [0.15, 0.2) is 5.76 Å². The summed E-state index contributed by atoms with van der Waals surface area (Å²) in [5.41, 5.74) is -1.88.